The van der Waals surface area contributed by atoms with E-state index in [-0.39, 0.29) is 0 Å². The average Bonchev–Trinajstić information content (AvgIpc) is 2.73. The van der Waals surface area contributed by atoms with Gasteiger partial charge in [0.05, 0.1) is 0 Å². The lowest BCUT2D eigenvalue weighted by Crippen LogP contribution is -1.89. The second-order valence-electron chi connectivity index (χ2n) is 9.57. The fourth-order valence-electron chi connectivity index (χ4n) is 4.21. The lowest BCUT2D eigenvalue weighted by molar-refractivity contribution is -0.117. The summed E-state index contributed by atoms with van der Waals surface area (Å²) in [6.45, 7) is 3.99. The highest BCUT2D eigenvalue weighted by Gasteiger charge is 1.95. The minimum Gasteiger partial charge on any atom is -0.300 e. The summed E-state index contributed by atoms with van der Waals surface area (Å²) in [5.74, 6) is 0.340. The summed E-state index contributed by atoms with van der Waals surface area (Å²) in [5.41, 5.74) is 0. The van der Waals surface area contributed by atoms with Crippen LogP contribution in [0.4, 0.5) is 0 Å². The summed E-state index contributed by atoms with van der Waals surface area (Å²) in [4.78, 5) is 10.9. The predicted molar refractivity (Wildman–Crippen MR) is 136 cm³/mol. The molecule has 30 heavy (non-hydrogen) atoms. The number of hydrogen-bond donors (Lipinski definition) is 0. The van der Waals surface area contributed by atoms with Gasteiger partial charge in [-0.3, -0.25) is 0 Å². The maximum atomic E-state index is 10.9. The number of rotatable bonds is 25. The van der Waals surface area contributed by atoms with E-state index >= 15 is 0 Å². The Balaban J connectivity index is 3.07. The molecule has 0 aromatic carbocycles. The summed E-state index contributed by atoms with van der Waals surface area (Å²) in [7, 11) is 0. The van der Waals surface area contributed by atoms with Gasteiger partial charge in [-0.25, -0.2) is 0 Å². The van der Waals surface area contributed by atoms with Crippen molar-refractivity contribution in [3.63, 3.8) is 0 Å². The Labute approximate surface area is 190 Å². The molecule has 0 rings (SSSR count). The molecule has 0 bridgehead atoms. The van der Waals surface area contributed by atoms with Gasteiger partial charge in [0.25, 0.3) is 0 Å². The second-order valence-corrected chi connectivity index (χ2v) is 9.57. The van der Waals surface area contributed by atoms with Gasteiger partial charge in [-0.2, -0.15) is 0 Å². The van der Waals surface area contributed by atoms with Gasteiger partial charge in [0.1, 0.15) is 5.78 Å². The highest BCUT2D eigenvalue weighted by atomic mass is 16.1. The molecule has 0 unspecified atom stereocenters. The first-order chi connectivity index (χ1) is 14.8. The van der Waals surface area contributed by atoms with Gasteiger partial charge in [0.2, 0.25) is 0 Å². The highest BCUT2D eigenvalue weighted by Crippen LogP contribution is 2.14. The zero-order valence-electron chi connectivity index (χ0n) is 21.0. The third-order valence-corrected chi connectivity index (χ3v) is 6.29. The molecule has 0 fully saturated rings. The van der Waals surface area contributed by atoms with Crippen molar-refractivity contribution in [2.24, 2.45) is 0 Å². The number of allylic oxidation sites excluding steroid dienone is 2. The van der Waals surface area contributed by atoms with Gasteiger partial charge < -0.3 is 4.79 Å². The van der Waals surface area contributed by atoms with Crippen LogP contribution >= 0.6 is 0 Å². The average molecular weight is 421 g/mol. The summed E-state index contributed by atoms with van der Waals surface area (Å²) in [5, 5.41) is 0. The fourth-order valence-corrected chi connectivity index (χ4v) is 4.21. The Morgan fingerprint density at radius 1 is 0.467 bits per heavy atom. The van der Waals surface area contributed by atoms with E-state index in [2.05, 4.69) is 19.1 Å². The number of hydrogen-bond acceptors (Lipinski definition) is 1. The molecule has 0 aliphatic heterocycles. The number of Topliss-reactive ketones (excluding diaryl/α,β-unsaturated/α-hetero) is 1. The smallest absolute Gasteiger partial charge is 0.129 e. The largest absolute Gasteiger partial charge is 0.300 e. The van der Waals surface area contributed by atoms with E-state index in [0.717, 1.165) is 12.8 Å². The molecule has 0 aromatic rings. The molecule has 0 heterocycles. The lowest BCUT2D eigenvalue weighted by atomic mass is 10.0. The van der Waals surface area contributed by atoms with Gasteiger partial charge in [-0.05, 0) is 39.0 Å². The number of carbonyl (C=O) groups is 1. The molecule has 0 saturated carbocycles. The molecule has 0 aromatic heterocycles. The van der Waals surface area contributed by atoms with Crippen molar-refractivity contribution in [3.8, 4) is 0 Å². The Morgan fingerprint density at radius 3 is 1.10 bits per heavy atom. The molecule has 0 atom stereocenters. The number of carbonyl (C=O) groups excluding carboxylic acids is 1. The van der Waals surface area contributed by atoms with E-state index in [0.29, 0.717) is 5.78 Å². The topological polar surface area (TPSA) is 17.1 Å². The summed E-state index contributed by atoms with van der Waals surface area (Å²) in [6.07, 6.45) is 37.5. The molecule has 0 N–H and O–H groups in total. The van der Waals surface area contributed by atoms with E-state index in [9.17, 15) is 4.79 Å². The van der Waals surface area contributed by atoms with Crippen molar-refractivity contribution in [2.75, 3.05) is 0 Å². The van der Waals surface area contributed by atoms with Gasteiger partial charge in [0, 0.05) is 6.42 Å². The van der Waals surface area contributed by atoms with Crippen molar-refractivity contribution < 1.29 is 4.79 Å². The SMILES string of the molecule is CCCCCCCCCCCCCCCCCC/C=C/CCCCCCCC(C)=O. The monoisotopic (exact) mass is 420 g/mol. The molecule has 0 spiro atoms. The van der Waals surface area contributed by atoms with Crippen LogP contribution in [0.1, 0.15) is 168 Å². The summed E-state index contributed by atoms with van der Waals surface area (Å²) >= 11 is 0. The first-order valence-corrected chi connectivity index (χ1v) is 13.9. The van der Waals surface area contributed by atoms with Crippen molar-refractivity contribution in [1.29, 1.82) is 0 Å². The van der Waals surface area contributed by atoms with E-state index in [1.807, 2.05) is 0 Å². The van der Waals surface area contributed by atoms with Crippen LogP contribution in [0.25, 0.3) is 0 Å². The fraction of sp³-hybridized carbons (Fsp3) is 0.897. The van der Waals surface area contributed by atoms with Crippen molar-refractivity contribution in [2.45, 2.75) is 168 Å². The summed E-state index contributed by atoms with van der Waals surface area (Å²) < 4.78 is 0. The summed E-state index contributed by atoms with van der Waals surface area (Å²) in [6, 6.07) is 0. The highest BCUT2D eigenvalue weighted by molar-refractivity contribution is 5.75. The first-order valence-electron chi connectivity index (χ1n) is 13.9. The third-order valence-electron chi connectivity index (χ3n) is 6.29. The van der Waals surface area contributed by atoms with Crippen LogP contribution < -0.4 is 0 Å². The molecule has 0 amide bonds. The standard InChI is InChI=1S/C29H56O/c1-3-4-5-6-7-8-9-10-11-12-13-14-15-16-17-18-19-20-21-22-23-24-25-26-27-28-29(2)30/h20-21H,3-19,22-28H2,1-2H3/b21-20+. The van der Waals surface area contributed by atoms with Gasteiger partial charge >= 0.3 is 0 Å². The van der Waals surface area contributed by atoms with E-state index in [1.165, 1.54) is 141 Å². The van der Waals surface area contributed by atoms with Crippen molar-refractivity contribution in [1.82, 2.24) is 0 Å². The predicted octanol–water partition coefficient (Wildman–Crippen LogP) is 10.5. The Kier molecular flexibility index (Phi) is 25.9. The van der Waals surface area contributed by atoms with Gasteiger partial charge in [-0.15, -0.1) is 0 Å². The zero-order valence-corrected chi connectivity index (χ0v) is 21.0. The number of unbranched alkanes of at least 4 members (excludes halogenated alkanes) is 21. The van der Waals surface area contributed by atoms with Gasteiger partial charge in [-0.1, -0.05) is 135 Å². The van der Waals surface area contributed by atoms with Crippen LogP contribution in [0, 0.1) is 0 Å². The minimum absolute atomic E-state index is 0.340. The van der Waals surface area contributed by atoms with Crippen LogP contribution in [0.3, 0.4) is 0 Å². The van der Waals surface area contributed by atoms with E-state index in [1.54, 1.807) is 6.92 Å². The maximum absolute atomic E-state index is 10.9. The second kappa shape index (κ2) is 26.4. The molecular formula is C29H56O. The number of ketones is 1. The van der Waals surface area contributed by atoms with Crippen LogP contribution in [0.15, 0.2) is 12.2 Å². The Morgan fingerprint density at radius 2 is 0.767 bits per heavy atom. The molecule has 1 heteroatoms. The first kappa shape index (κ1) is 29.4. The van der Waals surface area contributed by atoms with Crippen LogP contribution in [-0.2, 0) is 4.79 Å². The van der Waals surface area contributed by atoms with Crippen LogP contribution in [0.2, 0.25) is 0 Å². The molecule has 0 aliphatic carbocycles. The lowest BCUT2D eigenvalue weighted by Gasteiger charge is -2.03. The quantitative estimate of drug-likeness (QED) is 0.106. The normalized spacial score (nSPS) is 11.5. The molecule has 0 saturated heterocycles. The maximum Gasteiger partial charge on any atom is 0.129 e. The van der Waals surface area contributed by atoms with Crippen LogP contribution in [0.5, 0.6) is 0 Å². The molecule has 1 nitrogen and oxygen atoms in total. The molecular weight excluding hydrogens is 364 g/mol. The Bertz CT molecular complexity index is 357. The van der Waals surface area contributed by atoms with E-state index < -0.39 is 0 Å². The Hall–Kier alpha value is -0.590. The molecule has 0 radical (unpaired) electrons. The van der Waals surface area contributed by atoms with Crippen LogP contribution in [-0.4, -0.2) is 5.78 Å². The van der Waals surface area contributed by atoms with E-state index in [4.69, 9.17) is 0 Å². The molecule has 0 aliphatic rings. The third kappa shape index (κ3) is 27.4. The van der Waals surface area contributed by atoms with Gasteiger partial charge in [0.15, 0.2) is 0 Å². The minimum atomic E-state index is 0.340. The van der Waals surface area contributed by atoms with Crippen molar-refractivity contribution in [3.05, 3.63) is 12.2 Å². The van der Waals surface area contributed by atoms with Crippen molar-refractivity contribution >= 4 is 5.78 Å². The zero-order chi connectivity index (χ0) is 22.0. The molecule has 178 valence electrons.